The molecule has 1 saturated heterocycles. The van der Waals surface area contributed by atoms with Gasteiger partial charge in [-0.1, -0.05) is 36.9 Å². The lowest BCUT2D eigenvalue weighted by molar-refractivity contribution is -0.123. The minimum absolute atomic E-state index is 0.184. The molecule has 0 spiro atoms. The molecular weight excluding hydrogens is 351 g/mol. The SMILES string of the molecule is CC1(C)c2sc(=O)[nH]c2S[C@H]2C(=O)N(c3ccc(F)cc3)C(=O)[C@@H]21. The number of thioether (sulfide) groups is 1. The third-order valence-corrected chi connectivity index (χ3v) is 7.18. The summed E-state index contributed by atoms with van der Waals surface area (Å²) in [5, 5.41) is 0.0775. The van der Waals surface area contributed by atoms with Gasteiger partial charge in [-0.15, -0.1) is 0 Å². The zero-order valence-corrected chi connectivity index (χ0v) is 14.5. The van der Waals surface area contributed by atoms with Crippen molar-refractivity contribution in [2.75, 3.05) is 4.90 Å². The summed E-state index contributed by atoms with van der Waals surface area (Å²) in [6.07, 6.45) is 0. The monoisotopic (exact) mass is 364 g/mol. The molecule has 5 nitrogen and oxygen atoms in total. The number of imide groups is 1. The average molecular weight is 364 g/mol. The van der Waals surface area contributed by atoms with Gasteiger partial charge in [0.2, 0.25) is 11.8 Å². The molecule has 0 bridgehead atoms. The third-order valence-electron chi connectivity index (χ3n) is 4.56. The Balaban J connectivity index is 1.81. The molecule has 0 saturated carbocycles. The van der Waals surface area contributed by atoms with E-state index in [0.29, 0.717) is 10.7 Å². The van der Waals surface area contributed by atoms with Crippen LogP contribution in [0, 0.1) is 11.7 Å². The van der Waals surface area contributed by atoms with E-state index in [4.69, 9.17) is 0 Å². The van der Waals surface area contributed by atoms with Crippen molar-refractivity contribution < 1.29 is 14.0 Å². The first-order chi connectivity index (χ1) is 11.3. The van der Waals surface area contributed by atoms with Crippen molar-refractivity contribution in [1.29, 1.82) is 0 Å². The molecule has 1 fully saturated rings. The van der Waals surface area contributed by atoms with Crippen LogP contribution in [0.1, 0.15) is 18.7 Å². The van der Waals surface area contributed by atoms with Crippen molar-refractivity contribution in [3.63, 3.8) is 0 Å². The zero-order chi connectivity index (χ0) is 17.2. The minimum Gasteiger partial charge on any atom is -0.307 e. The average Bonchev–Trinajstić information content (AvgIpc) is 3.00. The maximum absolute atomic E-state index is 13.1. The standard InChI is InChI=1S/C16H13FN2O3S2/c1-16(2)9-10(23-12-11(16)24-15(22)18-12)14(21)19(13(9)20)8-5-3-7(17)4-6-8/h3-6,9-10H,1-2H3,(H,18,22)/t9-,10-/m1/s1. The first-order valence-electron chi connectivity index (χ1n) is 7.34. The summed E-state index contributed by atoms with van der Waals surface area (Å²) < 4.78 is 13.1. The molecule has 2 aromatic rings. The van der Waals surface area contributed by atoms with Gasteiger partial charge >= 0.3 is 4.87 Å². The van der Waals surface area contributed by atoms with Crippen molar-refractivity contribution in [3.8, 4) is 0 Å². The summed E-state index contributed by atoms with van der Waals surface area (Å²) in [4.78, 5) is 42.0. The molecule has 3 heterocycles. The molecule has 1 aromatic carbocycles. The predicted molar refractivity (Wildman–Crippen MR) is 90.0 cm³/mol. The van der Waals surface area contributed by atoms with Gasteiger partial charge in [0, 0.05) is 10.3 Å². The van der Waals surface area contributed by atoms with E-state index in [2.05, 4.69) is 4.98 Å². The van der Waals surface area contributed by atoms with Crippen molar-refractivity contribution in [3.05, 3.63) is 44.6 Å². The smallest absolute Gasteiger partial charge is 0.305 e. The lowest BCUT2D eigenvalue weighted by Crippen LogP contribution is -2.41. The summed E-state index contributed by atoms with van der Waals surface area (Å²) in [6, 6.07) is 5.31. The highest BCUT2D eigenvalue weighted by atomic mass is 32.2. The van der Waals surface area contributed by atoms with E-state index in [0.717, 1.165) is 21.1 Å². The number of H-pyrrole nitrogens is 1. The van der Waals surface area contributed by atoms with Crippen LogP contribution in [0.5, 0.6) is 0 Å². The molecule has 2 amide bonds. The summed E-state index contributed by atoms with van der Waals surface area (Å²) in [5.41, 5.74) is -0.259. The number of thiazole rings is 1. The number of hydrogen-bond acceptors (Lipinski definition) is 5. The van der Waals surface area contributed by atoms with E-state index in [1.807, 2.05) is 13.8 Å². The van der Waals surface area contributed by atoms with Gasteiger partial charge < -0.3 is 4.98 Å². The lowest BCUT2D eigenvalue weighted by atomic mass is 9.76. The molecule has 1 aromatic heterocycles. The quantitative estimate of drug-likeness (QED) is 0.790. The van der Waals surface area contributed by atoms with E-state index in [-0.39, 0.29) is 16.7 Å². The fraction of sp³-hybridized carbons (Fsp3) is 0.312. The number of carbonyl (C=O) groups is 2. The number of fused-ring (bicyclic) bond motifs is 2. The second-order valence-corrected chi connectivity index (χ2v) is 8.53. The molecule has 0 unspecified atom stereocenters. The first-order valence-corrected chi connectivity index (χ1v) is 9.04. The number of nitrogens with zero attached hydrogens (tertiary/aromatic N) is 1. The molecule has 4 rings (SSSR count). The van der Waals surface area contributed by atoms with Crippen LogP contribution in [0.15, 0.2) is 34.1 Å². The predicted octanol–water partition coefficient (Wildman–Crippen LogP) is 2.52. The van der Waals surface area contributed by atoms with Gasteiger partial charge in [0.1, 0.15) is 11.1 Å². The summed E-state index contributed by atoms with van der Waals surface area (Å²) >= 11 is 2.32. The maximum atomic E-state index is 13.1. The van der Waals surface area contributed by atoms with Gasteiger partial charge in [-0.3, -0.25) is 14.4 Å². The summed E-state index contributed by atoms with van der Waals surface area (Å²) in [5.74, 6) is -1.61. The van der Waals surface area contributed by atoms with Crippen molar-refractivity contribution in [1.82, 2.24) is 4.98 Å². The maximum Gasteiger partial charge on any atom is 0.305 e. The van der Waals surface area contributed by atoms with Crippen LogP contribution < -0.4 is 9.77 Å². The highest BCUT2D eigenvalue weighted by Gasteiger charge is 2.59. The number of amides is 2. The number of nitrogens with one attached hydrogen (secondary N) is 1. The Morgan fingerprint density at radius 2 is 1.79 bits per heavy atom. The molecule has 8 heteroatoms. The Hall–Kier alpha value is -1.93. The van der Waals surface area contributed by atoms with E-state index in [9.17, 15) is 18.8 Å². The van der Waals surface area contributed by atoms with E-state index in [1.165, 1.54) is 36.0 Å². The Morgan fingerprint density at radius 1 is 1.12 bits per heavy atom. The van der Waals surface area contributed by atoms with Gasteiger partial charge in [0.25, 0.3) is 0 Å². The Bertz CT molecular complexity index is 916. The van der Waals surface area contributed by atoms with Gasteiger partial charge in [-0.05, 0) is 24.3 Å². The van der Waals surface area contributed by atoms with Gasteiger partial charge in [-0.25, -0.2) is 9.29 Å². The highest BCUT2D eigenvalue weighted by molar-refractivity contribution is 8.00. The number of carbonyl (C=O) groups excluding carboxylic acids is 2. The number of anilines is 1. The van der Waals surface area contributed by atoms with Crippen LogP contribution in [0.2, 0.25) is 0 Å². The number of rotatable bonds is 1. The third kappa shape index (κ3) is 2.02. The lowest BCUT2D eigenvalue weighted by Gasteiger charge is -2.36. The number of aromatic amines is 1. The Morgan fingerprint density at radius 3 is 2.46 bits per heavy atom. The molecule has 0 aliphatic carbocycles. The van der Waals surface area contributed by atoms with Crippen LogP contribution in [0.25, 0.3) is 0 Å². The van der Waals surface area contributed by atoms with E-state index in [1.54, 1.807) is 0 Å². The normalized spacial score (nSPS) is 24.9. The second kappa shape index (κ2) is 5.03. The van der Waals surface area contributed by atoms with Gasteiger partial charge in [0.05, 0.1) is 16.6 Å². The molecule has 2 aliphatic heterocycles. The van der Waals surface area contributed by atoms with Crippen LogP contribution in [-0.2, 0) is 15.0 Å². The van der Waals surface area contributed by atoms with Crippen LogP contribution in [0.4, 0.5) is 10.1 Å². The van der Waals surface area contributed by atoms with E-state index < -0.39 is 22.4 Å². The fourth-order valence-corrected chi connectivity index (χ4v) is 6.17. The number of benzene rings is 1. The molecule has 2 atom stereocenters. The van der Waals surface area contributed by atoms with Crippen LogP contribution in [-0.4, -0.2) is 22.0 Å². The second-order valence-electron chi connectivity index (χ2n) is 6.40. The molecular formula is C16H13FN2O3S2. The molecule has 124 valence electrons. The van der Waals surface area contributed by atoms with Crippen molar-refractivity contribution in [2.45, 2.75) is 29.5 Å². The van der Waals surface area contributed by atoms with Crippen LogP contribution in [0.3, 0.4) is 0 Å². The number of hydrogen-bond donors (Lipinski definition) is 1. The minimum atomic E-state index is -0.628. The van der Waals surface area contributed by atoms with Gasteiger partial charge in [0.15, 0.2) is 0 Å². The van der Waals surface area contributed by atoms with E-state index >= 15 is 0 Å². The largest absolute Gasteiger partial charge is 0.307 e. The summed E-state index contributed by atoms with van der Waals surface area (Å²) in [6.45, 7) is 3.76. The van der Waals surface area contributed by atoms with Crippen molar-refractivity contribution >= 4 is 40.6 Å². The molecule has 1 N–H and O–H groups in total. The fourth-order valence-electron chi connectivity index (χ4n) is 3.39. The van der Waals surface area contributed by atoms with Gasteiger partial charge in [-0.2, -0.15) is 0 Å². The topological polar surface area (TPSA) is 70.2 Å². The zero-order valence-electron chi connectivity index (χ0n) is 12.8. The molecule has 0 radical (unpaired) electrons. The number of halogens is 1. The van der Waals surface area contributed by atoms with Crippen LogP contribution >= 0.6 is 23.1 Å². The molecule has 2 aliphatic rings. The first kappa shape index (κ1) is 15.6. The number of aromatic nitrogens is 1. The van der Waals surface area contributed by atoms with Crippen molar-refractivity contribution in [2.24, 2.45) is 5.92 Å². The molecule has 24 heavy (non-hydrogen) atoms. The Labute approximate surface area is 144 Å². The Kier molecular flexibility index (Phi) is 3.27. The summed E-state index contributed by atoms with van der Waals surface area (Å²) in [7, 11) is 0. The highest BCUT2D eigenvalue weighted by Crippen LogP contribution is 2.53.